The van der Waals surface area contributed by atoms with Crippen LogP contribution in [0.1, 0.15) is 0 Å². The normalized spacial score (nSPS) is 8.47. The molecular formula is C8H28HfN8. The summed E-state index contributed by atoms with van der Waals surface area (Å²) in [5, 5.41) is 5.00. The molecule has 0 saturated carbocycles. The minimum Gasteiger partial charge on any atom is -0.610 e. The zero-order chi connectivity index (χ0) is 14.3. The molecule has 0 aromatic rings. The van der Waals surface area contributed by atoms with Gasteiger partial charge in [-0.15, -0.1) is 0 Å². The predicted octanol–water partition coefficient (Wildman–Crippen LogP) is 2.06. The number of rotatable bonds is 0. The Hall–Kier alpha value is 0.550. The summed E-state index contributed by atoms with van der Waals surface area (Å²) in [6, 6.07) is 0. The molecule has 0 fully saturated rings. The van der Waals surface area contributed by atoms with Crippen LogP contribution in [0.15, 0.2) is 0 Å². The van der Waals surface area contributed by atoms with Crippen LogP contribution in [0, 0.1) is 0 Å². The van der Waals surface area contributed by atoms with Crippen LogP contribution in [0.5, 0.6) is 0 Å². The first-order valence-corrected chi connectivity index (χ1v) is 4.47. The molecule has 17 heavy (non-hydrogen) atoms. The number of hydrogen-bond donors (Lipinski definition) is 0. The van der Waals surface area contributed by atoms with Crippen molar-refractivity contribution in [2.75, 3.05) is 56.4 Å². The molecule has 0 rings (SSSR count). The van der Waals surface area contributed by atoms with Crippen LogP contribution in [0.25, 0.3) is 23.4 Å². The van der Waals surface area contributed by atoms with Crippen LogP contribution in [0.2, 0.25) is 0 Å². The van der Waals surface area contributed by atoms with Crippen LogP contribution in [0.4, 0.5) is 0 Å². The van der Waals surface area contributed by atoms with Gasteiger partial charge < -0.3 is 43.4 Å². The summed E-state index contributed by atoms with van der Waals surface area (Å²) in [5.74, 6) is 25.7. The molecule has 0 spiro atoms. The van der Waals surface area contributed by atoms with Crippen molar-refractivity contribution in [3.05, 3.63) is 23.4 Å². The predicted molar refractivity (Wildman–Crippen MR) is 72.0 cm³/mol. The van der Waals surface area contributed by atoms with E-state index in [4.69, 9.17) is 23.4 Å². The summed E-state index contributed by atoms with van der Waals surface area (Å²) in [7, 11) is 13.3. The van der Waals surface area contributed by atoms with Crippen LogP contribution in [-0.4, -0.2) is 76.4 Å². The fourth-order valence-electron chi connectivity index (χ4n) is 0. The van der Waals surface area contributed by atoms with Gasteiger partial charge in [0, 0.05) is 0 Å². The van der Waals surface area contributed by atoms with Gasteiger partial charge in [0.25, 0.3) is 0 Å². The molecule has 0 aromatic heterocycles. The summed E-state index contributed by atoms with van der Waals surface area (Å²) in [6.07, 6.45) is 0. The minimum absolute atomic E-state index is 0. The smallest absolute Gasteiger partial charge is 0.610 e. The first-order valence-electron chi connectivity index (χ1n) is 4.47. The van der Waals surface area contributed by atoms with E-state index in [0.29, 0.717) is 0 Å². The Balaban J connectivity index is -0.0000000369. The van der Waals surface area contributed by atoms with Gasteiger partial charge in [-0.05, 0) is 56.4 Å². The average Bonchev–Trinajstić information content (AvgIpc) is 1.76. The molecule has 4 N–H and O–H groups in total. The van der Waals surface area contributed by atoms with Crippen molar-refractivity contribution in [2.45, 2.75) is 0 Å². The van der Waals surface area contributed by atoms with E-state index in [-0.39, 0.29) is 25.8 Å². The maximum atomic E-state index is 6.42. The Labute approximate surface area is 125 Å². The molecule has 8 nitrogen and oxygen atoms in total. The second-order valence-corrected chi connectivity index (χ2v) is 3.58. The number of nitrogens with one attached hydrogen (secondary N) is 4. The zero-order valence-corrected chi connectivity index (χ0v) is 15.9. The first-order chi connectivity index (χ1) is 6.93. The van der Waals surface area contributed by atoms with Crippen molar-refractivity contribution in [2.24, 2.45) is 0 Å². The molecular weight excluding hydrogens is 387 g/mol. The maximum Gasteiger partial charge on any atom is 4.00 e. The monoisotopic (exact) mass is 416 g/mol. The Kier molecular flexibility index (Phi) is 45.6. The summed E-state index contributed by atoms with van der Waals surface area (Å²) < 4.78 is 0. The summed E-state index contributed by atoms with van der Waals surface area (Å²) in [6.45, 7) is 0. The molecule has 0 radical (unpaired) electrons. The molecule has 0 amide bonds. The fourth-order valence-corrected chi connectivity index (χ4v) is 0. The van der Waals surface area contributed by atoms with Gasteiger partial charge in [0.2, 0.25) is 0 Å². The molecule has 0 heterocycles. The molecule has 104 valence electrons. The molecule has 0 aliphatic rings. The molecule has 9 heteroatoms. The second-order valence-electron chi connectivity index (χ2n) is 3.58. The first kappa shape index (κ1) is 30.5. The van der Waals surface area contributed by atoms with E-state index in [2.05, 4.69) is 0 Å². The van der Waals surface area contributed by atoms with E-state index in [9.17, 15) is 0 Å². The van der Waals surface area contributed by atoms with Crippen LogP contribution < -0.4 is 0 Å². The number of nitrogens with zero attached hydrogens (tertiary/aromatic N) is 4. The van der Waals surface area contributed by atoms with Gasteiger partial charge in [0.1, 0.15) is 0 Å². The molecule has 0 atom stereocenters. The van der Waals surface area contributed by atoms with Gasteiger partial charge in [0.15, 0.2) is 0 Å². The van der Waals surface area contributed by atoms with Crippen LogP contribution in [-0.2, 0) is 25.8 Å². The van der Waals surface area contributed by atoms with E-state index in [1.54, 1.807) is 56.4 Å². The van der Waals surface area contributed by atoms with Crippen LogP contribution in [0.3, 0.4) is 0 Å². The van der Waals surface area contributed by atoms with Crippen molar-refractivity contribution in [1.29, 1.82) is 0 Å². The second kappa shape index (κ2) is 25.4. The Morgan fingerprint density at radius 2 is 0.412 bits per heavy atom. The average molecular weight is 415 g/mol. The van der Waals surface area contributed by atoms with Crippen molar-refractivity contribution < 1.29 is 25.8 Å². The van der Waals surface area contributed by atoms with Crippen LogP contribution >= 0.6 is 0 Å². The summed E-state index contributed by atoms with van der Waals surface area (Å²) in [5.41, 5.74) is 0. The summed E-state index contributed by atoms with van der Waals surface area (Å²) >= 11 is 0. The maximum absolute atomic E-state index is 6.42. The van der Waals surface area contributed by atoms with Gasteiger partial charge in [-0.2, -0.15) is 0 Å². The SMILES string of the molecule is CN(C)[NH-].CN(C)[NH-].CN(C)[NH-].CN(C)[NH-].[Hf+4]. The molecule has 0 unspecified atom stereocenters. The fraction of sp³-hybridized carbons (Fsp3) is 1.00. The van der Waals surface area contributed by atoms with E-state index >= 15 is 0 Å². The standard InChI is InChI=1S/4C2H7N2.Hf/c4*1-4(2)3;/h4*3H,1-2H3;/q4*-1;+4. The Morgan fingerprint density at radius 3 is 0.412 bits per heavy atom. The van der Waals surface area contributed by atoms with Gasteiger partial charge in [-0.1, -0.05) is 0 Å². The molecule has 0 saturated heterocycles. The third-order valence-corrected chi connectivity index (χ3v) is 0. The van der Waals surface area contributed by atoms with Gasteiger partial charge in [-0.3, -0.25) is 0 Å². The third kappa shape index (κ3) is 11600. The van der Waals surface area contributed by atoms with Crippen molar-refractivity contribution in [3.63, 3.8) is 0 Å². The van der Waals surface area contributed by atoms with E-state index in [1.807, 2.05) is 0 Å². The van der Waals surface area contributed by atoms with Crippen molar-refractivity contribution >= 4 is 0 Å². The molecule has 0 aliphatic carbocycles. The third-order valence-electron chi connectivity index (χ3n) is 0. The molecule has 0 bridgehead atoms. The van der Waals surface area contributed by atoms with Crippen molar-refractivity contribution in [1.82, 2.24) is 20.0 Å². The molecule has 0 aromatic carbocycles. The topological polar surface area (TPSA) is 108 Å². The minimum atomic E-state index is 0. The van der Waals surface area contributed by atoms with Gasteiger partial charge >= 0.3 is 25.8 Å². The van der Waals surface area contributed by atoms with E-state index in [0.717, 1.165) is 0 Å². The zero-order valence-electron chi connectivity index (χ0n) is 12.3. The quantitative estimate of drug-likeness (QED) is 0.446. The van der Waals surface area contributed by atoms with E-state index in [1.165, 1.54) is 20.0 Å². The Bertz CT molecular complexity index is 64.5. The van der Waals surface area contributed by atoms with Crippen molar-refractivity contribution in [3.8, 4) is 0 Å². The van der Waals surface area contributed by atoms with E-state index < -0.39 is 0 Å². The summed E-state index contributed by atoms with van der Waals surface area (Å²) in [4.78, 5) is 0. The largest absolute Gasteiger partial charge is 4.00 e. The number of hydrogen-bond acceptors (Lipinski definition) is 4. The molecule has 0 aliphatic heterocycles. The van der Waals surface area contributed by atoms with Gasteiger partial charge in [0.05, 0.1) is 0 Å². The van der Waals surface area contributed by atoms with Gasteiger partial charge in [-0.25, -0.2) is 0 Å². The Morgan fingerprint density at radius 1 is 0.412 bits per heavy atom.